The smallest absolute Gasteiger partial charge is 0.416 e. The molecule has 0 spiro atoms. The molecule has 0 aromatic carbocycles. The maximum atomic E-state index is 10.9. The summed E-state index contributed by atoms with van der Waals surface area (Å²) in [6.07, 6.45) is 1.54. The SMILES string of the molecule is O=C(O)n1c2cc3ncc(cc31)C2. The number of carbonyl (C=O) groups is 1. The fourth-order valence-corrected chi connectivity index (χ4v) is 1.83. The molecule has 3 bridgehead atoms. The molecule has 1 N–H and O–H groups in total. The van der Waals surface area contributed by atoms with Gasteiger partial charge in [0.2, 0.25) is 0 Å². The molecule has 3 heterocycles. The Morgan fingerprint density at radius 1 is 1.54 bits per heavy atom. The zero-order chi connectivity index (χ0) is 9.00. The van der Waals surface area contributed by atoms with E-state index in [9.17, 15) is 4.79 Å². The monoisotopic (exact) mass is 174 g/mol. The van der Waals surface area contributed by atoms with Crippen LogP contribution in [0.1, 0.15) is 11.3 Å². The highest BCUT2D eigenvalue weighted by molar-refractivity contribution is 5.89. The molecule has 0 saturated carbocycles. The van der Waals surface area contributed by atoms with Crippen LogP contribution < -0.4 is 0 Å². The van der Waals surface area contributed by atoms with E-state index in [-0.39, 0.29) is 0 Å². The summed E-state index contributed by atoms with van der Waals surface area (Å²) in [7, 11) is 0. The van der Waals surface area contributed by atoms with Crippen molar-refractivity contribution in [1.29, 1.82) is 0 Å². The first-order valence-electron chi connectivity index (χ1n) is 3.98. The standard InChI is InChI=1S/C9H6N2O2/c12-9(13)11-6-1-5-2-8(11)7(3-6)10-4-5/h2-4H,1H2,(H,12,13). The molecule has 2 aromatic rings. The minimum atomic E-state index is -0.927. The van der Waals surface area contributed by atoms with Crippen LogP contribution in [0, 0.1) is 0 Å². The third-order valence-electron chi connectivity index (χ3n) is 2.36. The lowest BCUT2D eigenvalue weighted by Gasteiger charge is -2.09. The first-order chi connectivity index (χ1) is 6.25. The number of rotatable bonds is 0. The molecule has 1 aliphatic rings. The van der Waals surface area contributed by atoms with Gasteiger partial charge in [0, 0.05) is 18.3 Å². The van der Waals surface area contributed by atoms with E-state index in [0.717, 1.165) is 16.8 Å². The Hall–Kier alpha value is -1.84. The van der Waals surface area contributed by atoms with E-state index < -0.39 is 6.09 Å². The molecule has 0 saturated heterocycles. The number of carboxylic acid groups (broad SMARTS) is 1. The predicted molar refractivity (Wildman–Crippen MR) is 46.0 cm³/mol. The van der Waals surface area contributed by atoms with Crippen molar-refractivity contribution < 1.29 is 9.90 Å². The normalized spacial score (nSPS) is 12.9. The molecule has 3 rings (SSSR count). The van der Waals surface area contributed by atoms with Crippen molar-refractivity contribution in [1.82, 2.24) is 9.55 Å². The Morgan fingerprint density at radius 3 is 3.15 bits per heavy atom. The van der Waals surface area contributed by atoms with E-state index in [1.54, 1.807) is 6.20 Å². The van der Waals surface area contributed by atoms with Crippen molar-refractivity contribution in [2.45, 2.75) is 6.42 Å². The van der Waals surface area contributed by atoms with E-state index in [0.29, 0.717) is 11.9 Å². The van der Waals surface area contributed by atoms with Gasteiger partial charge in [-0.05, 0) is 17.7 Å². The highest BCUT2D eigenvalue weighted by atomic mass is 16.4. The van der Waals surface area contributed by atoms with Gasteiger partial charge in [-0.15, -0.1) is 0 Å². The minimum Gasteiger partial charge on any atom is -0.464 e. The largest absolute Gasteiger partial charge is 0.464 e. The fourth-order valence-electron chi connectivity index (χ4n) is 1.83. The third-order valence-corrected chi connectivity index (χ3v) is 2.36. The molecule has 0 atom stereocenters. The summed E-state index contributed by atoms with van der Waals surface area (Å²) in [5.41, 5.74) is 3.36. The van der Waals surface area contributed by atoms with Crippen molar-refractivity contribution in [3.8, 4) is 0 Å². The van der Waals surface area contributed by atoms with Crippen molar-refractivity contribution in [3.05, 3.63) is 29.6 Å². The summed E-state index contributed by atoms with van der Waals surface area (Å²) in [4.78, 5) is 15.0. The van der Waals surface area contributed by atoms with Crippen LogP contribution in [0.4, 0.5) is 4.79 Å². The average molecular weight is 174 g/mol. The second-order valence-electron chi connectivity index (χ2n) is 3.18. The fraction of sp³-hybridized carbons (Fsp3) is 0.111. The molecule has 0 aliphatic carbocycles. The molecule has 0 fully saturated rings. The number of aromatic nitrogens is 2. The van der Waals surface area contributed by atoms with E-state index in [4.69, 9.17) is 5.11 Å². The van der Waals surface area contributed by atoms with Crippen molar-refractivity contribution in [2.24, 2.45) is 0 Å². The minimum absolute atomic E-state index is 0.669. The van der Waals surface area contributed by atoms with Gasteiger partial charge in [-0.1, -0.05) is 0 Å². The van der Waals surface area contributed by atoms with Crippen molar-refractivity contribution in [3.63, 3.8) is 0 Å². The molecule has 0 unspecified atom stereocenters. The number of fused-ring (bicyclic) bond motifs is 2. The number of hydrogen-bond donors (Lipinski definition) is 1. The number of pyridine rings is 1. The van der Waals surface area contributed by atoms with Crippen LogP contribution in [0.2, 0.25) is 0 Å². The van der Waals surface area contributed by atoms with E-state index in [1.807, 2.05) is 12.1 Å². The molecule has 2 aromatic heterocycles. The van der Waals surface area contributed by atoms with Crippen LogP contribution in [0.3, 0.4) is 0 Å². The lowest BCUT2D eigenvalue weighted by molar-refractivity contribution is 0.196. The molecule has 1 aliphatic heterocycles. The maximum absolute atomic E-state index is 10.9. The molecule has 13 heavy (non-hydrogen) atoms. The van der Waals surface area contributed by atoms with Crippen molar-refractivity contribution in [2.75, 3.05) is 0 Å². The van der Waals surface area contributed by atoms with Gasteiger partial charge < -0.3 is 5.11 Å². The Labute approximate surface area is 73.4 Å². The van der Waals surface area contributed by atoms with Gasteiger partial charge in [-0.3, -0.25) is 4.98 Å². The highest BCUT2D eigenvalue weighted by Gasteiger charge is 2.19. The molecular weight excluding hydrogens is 168 g/mol. The lowest BCUT2D eigenvalue weighted by Crippen LogP contribution is -2.14. The summed E-state index contributed by atoms with van der Waals surface area (Å²) in [6, 6.07) is 3.71. The summed E-state index contributed by atoms with van der Waals surface area (Å²) < 4.78 is 1.30. The van der Waals surface area contributed by atoms with Crippen LogP contribution in [-0.2, 0) is 6.42 Å². The Kier molecular flexibility index (Phi) is 0.974. The number of nitrogens with zero attached hydrogens (tertiary/aromatic N) is 2. The first kappa shape index (κ1) is 6.65. The van der Waals surface area contributed by atoms with Gasteiger partial charge in [0.15, 0.2) is 0 Å². The molecule has 0 radical (unpaired) electrons. The van der Waals surface area contributed by atoms with Gasteiger partial charge in [0.05, 0.1) is 11.0 Å². The van der Waals surface area contributed by atoms with Crippen molar-refractivity contribution >= 4 is 17.1 Å². The maximum Gasteiger partial charge on any atom is 0.416 e. The van der Waals surface area contributed by atoms with Crippen LogP contribution in [-0.4, -0.2) is 20.8 Å². The molecule has 4 heteroatoms. The van der Waals surface area contributed by atoms with Gasteiger partial charge in [-0.2, -0.15) is 0 Å². The van der Waals surface area contributed by atoms with Crippen LogP contribution in [0.5, 0.6) is 0 Å². The average Bonchev–Trinajstić information content (AvgIpc) is 2.25. The molecular formula is C9H6N2O2. The zero-order valence-corrected chi connectivity index (χ0v) is 6.69. The summed E-state index contributed by atoms with van der Waals surface area (Å²) in [5, 5.41) is 8.92. The lowest BCUT2D eigenvalue weighted by atomic mass is 10.1. The second-order valence-corrected chi connectivity index (χ2v) is 3.18. The van der Waals surface area contributed by atoms with Crippen LogP contribution in [0.25, 0.3) is 11.0 Å². The Bertz CT molecular complexity index is 528. The van der Waals surface area contributed by atoms with Gasteiger partial charge >= 0.3 is 6.09 Å². The summed E-state index contributed by atoms with van der Waals surface area (Å²) in [5.74, 6) is 0. The van der Waals surface area contributed by atoms with E-state index in [1.165, 1.54) is 4.57 Å². The molecule has 0 amide bonds. The quantitative estimate of drug-likeness (QED) is 0.561. The predicted octanol–water partition coefficient (Wildman–Crippen LogP) is 1.47. The number of hydrogen-bond acceptors (Lipinski definition) is 2. The van der Waals surface area contributed by atoms with Gasteiger partial charge in [0.25, 0.3) is 0 Å². The van der Waals surface area contributed by atoms with Crippen LogP contribution >= 0.6 is 0 Å². The zero-order valence-electron chi connectivity index (χ0n) is 6.69. The molecule has 4 nitrogen and oxygen atoms in total. The third kappa shape index (κ3) is 0.697. The second kappa shape index (κ2) is 1.90. The summed E-state index contributed by atoms with van der Waals surface area (Å²) >= 11 is 0. The van der Waals surface area contributed by atoms with Crippen LogP contribution in [0.15, 0.2) is 18.3 Å². The topological polar surface area (TPSA) is 55.1 Å². The highest BCUT2D eigenvalue weighted by Crippen LogP contribution is 2.26. The van der Waals surface area contributed by atoms with Gasteiger partial charge in [0.1, 0.15) is 0 Å². The summed E-state index contributed by atoms with van der Waals surface area (Å²) in [6.45, 7) is 0. The Balaban J connectivity index is 2.52. The Morgan fingerprint density at radius 2 is 2.38 bits per heavy atom. The van der Waals surface area contributed by atoms with E-state index in [2.05, 4.69) is 4.98 Å². The van der Waals surface area contributed by atoms with E-state index >= 15 is 0 Å². The molecule has 64 valence electrons. The first-order valence-corrected chi connectivity index (χ1v) is 3.98. The van der Waals surface area contributed by atoms with Gasteiger partial charge in [-0.25, -0.2) is 9.36 Å².